The molecule has 0 amide bonds. The lowest BCUT2D eigenvalue weighted by Crippen LogP contribution is -2.71. The number of methoxy groups -OCH3 is 1. The number of esters is 3. The highest BCUT2D eigenvalue weighted by atomic mass is 16.6. The highest BCUT2D eigenvalue weighted by Gasteiger charge is 2.82. The standard InChI is InChI=1S/C30H40O9/c1-15-14-20-27(7,30(25(36)37-9)23(39-18(4)32)16(2)22(33)28(15,30)8)12-10-19-26(5,6)21(38-17(3)31)11-13-29(19,20)24(34)35/h14,19-21H,10-13H2,1-9H3,(H,34,35)/t19-,20-,21+,27+,28+,29+,30-/m1/s1. The fourth-order valence-corrected chi connectivity index (χ4v) is 9.39. The van der Waals surface area contributed by atoms with Crippen LogP contribution in [0.5, 0.6) is 0 Å². The molecule has 2 saturated carbocycles. The molecule has 2 fully saturated rings. The Morgan fingerprint density at radius 1 is 0.974 bits per heavy atom. The van der Waals surface area contributed by atoms with Crippen LogP contribution in [0.2, 0.25) is 0 Å². The van der Waals surface area contributed by atoms with E-state index in [0.29, 0.717) is 24.8 Å². The third-order valence-electron chi connectivity index (χ3n) is 11.1. The zero-order valence-corrected chi connectivity index (χ0v) is 24.4. The summed E-state index contributed by atoms with van der Waals surface area (Å²) in [7, 11) is 1.24. The topological polar surface area (TPSA) is 133 Å². The number of carbonyl (C=O) groups excluding carboxylic acids is 4. The normalized spacial score (nSPS) is 40.5. The Morgan fingerprint density at radius 2 is 1.59 bits per heavy atom. The highest BCUT2D eigenvalue weighted by Crippen LogP contribution is 2.78. The summed E-state index contributed by atoms with van der Waals surface area (Å²) in [5.41, 5.74) is -5.66. The predicted molar refractivity (Wildman–Crippen MR) is 139 cm³/mol. The quantitative estimate of drug-likeness (QED) is 0.311. The van der Waals surface area contributed by atoms with Gasteiger partial charge in [0.05, 0.1) is 17.9 Å². The Kier molecular flexibility index (Phi) is 6.52. The van der Waals surface area contributed by atoms with Gasteiger partial charge in [0, 0.05) is 30.8 Å². The highest BCUT2D eigenvalue weighted by molar-refractivity contribution is 6.11. The fraction of sp³-hybridized carbons (Fsp3) is 0.700. The van der Waals surface area contributed by atoms with Crippen LogP contribution in [0.15, 0.2) is 23.0 Å². The third kappa shape index (κ3) is 3.21. The van der Waals surface area contributed by atoms with Crippen molar-refractivity contribution in [2.24, 2.45) is 38.9 Å². The maximum absolute atomic E-state index is 14.2. The molecule has 0 unspecified atom stereocenters. The number of aliphatic carboxylic acids is 1. The molecule has 4 rings (SSSR count). The number of ketones is 1. The number of hydrogen-bond donors (Lipinski definition) is 1. The SMILES string of the molecule is COC(=O)[C@@]12C(OC(C)=O)=C(C)C(=O)[C@]1(C)C(C)=C[C@H]1[C@]3(C(=O)O)CC[C@H](OC(C)=O)C(C)(C)[C@H]3CC[C@@]12C. The molecule has 0 aromatic rings. The second kappa shape index (κ2) is 8.77. The zero-order valence-electron chi connectivity index (χ0n) is 24.4. The maximum Gasteiger partial charge on any atom is 0.321 e. The van der Waals surface area contributed by atoms with Crippen molar-refractivity contribution in [2.75, 3.05) is 7.11 Å². The van der Waals surface area contributed by atoms with Crippen LogP contribution in [0, 0.1) is 38.9 Å². The number of fused-ring (bicyclic) bond motifs is 5. The molecule has 0 radical (unpaired) electrons. The van der Waals surface area contributed by atoms with E-state index < -0.39 is 68.9 Å². The number of carbonyl (C=O) groups is 5. The van der Waals surface area contributed by atoms with Crippen molar-refractivity contribution >= 4 is 29.7 Å². The molecule has 0 heterocycles. The van der Waals surface area contributed by atoms with Crippen LogP contribution in [-0.2, 0) is 38.2 Å². The van der Waals surface area contributed by atoms with Crippen molar-refractivity contribution in [3.8, 4) is 0 Å². The Morgan fingerprint density at radius 3 is 2.10 bits per heavy atom. The number of carboxylic acid groups (broad SMARTS) is 1. The molecule has 0 spiro atoms. The van der Waals surface area contributed by atoms with E-state index in [1.54, 1.807) is 20.8 Å². The van der Waals surface area contributed by atoms with Gasteiger partial charge in [0.2, 0.25) is 0 Å². The molecule has 4 aliphatic rings. The number of ether oxygens (including phenoxy) is 3. The molecule has 7 atom stereocenters. The first-order chi connectivity index (χ1) is 17.9. The van der Waals surface area contributed by atoms with Crippen molar-refractivity contribution < 1.29 is 43.3 Å². The molecule has 0 bridgehead atoms. The van der Waals surface area contributed by atoms with Crippen LogP contribution < -0.4 is 0 Å². The molecule has 9 heteroatoms. The summed E-state index contributed by atoms with van der Waals surface area (Å²) in [6, 6.07) is 0. The second-order valence-corrected chi connectivity index (χ2v) is 12.9. The van der Waals surface area contributed by atoms with Crippen LogP contribution >= 0.6 is 0 Å². The van der Waals surface area contributed by atoms with Gasteiger partial charge in [-0.2, -0.15) is 0 Å². The Balaban J connectivity index is 2.07. The minimum Gasteiger partial charge on any atom is -0.481 e. The number of allylic oxidation sites excluding steroid dienone is 3. The van der Waals surface area contributed by atoms with Gasteiger partial charge in [-0.25, -0.2) is 0 Å². The molecule has 0 aromatic heterocycles. The largest absolute Gasteiger partial charge is 0.481 e. The summed E-state index contributed by atoms with van der Waals surface area (Å²) in [6.45, 7) is 13.3. The Labute approximate surface area is 229 Å². The average molecular weight is 545 g/mol. The van der Waals surface area contributed by atoms with Gasteiger partial charge in [-0.1, -0.05) is 32.4 Å². The molecule has 0 saturated heterocycles. The van der Waals surface area contributed by atoms with Crippen LogP contribution in [0.4, 0.5) is 0 Å². The molecule has 9 nitrogen and oxygen atoms in total. The van der Waals surface area contributed by atoms with Crippen molar-refractivity contribution in [1.29, 1.82) is 0 Å². The first kappa shape index (κ1) is 29.0. The fourth-order valence-electron chi connectivity index (χ4n) is 9.39. The van der Waals surface area contributed by atoms with Crippen LogP contribution in [0.1, 0.15) is 81.1 Å². The smallest absolute Gasteiger partial charge is 0.321 e. The summed E-state index contributed by atoms with van der Waals surface area (Å²) in [5, 5.41) is 11.0. The van der Waals surface area contributed by atoms with Gasteiger partial charge in [0.15, 0.2) is 5.78 Å². The number of rotatable bonds is 4. The van der Waals surface area contributed by atoms with E-state index >= 15 is 0 Å². The summed E-state index contributed by atoms with van der Waals surface area (Å²) in [5.74, 6) is -4.31. The molecule has 4 aliphatic carbocycles. The molecule has 0 aliphatic heterocycles. The van der Waals surface area contributed by atoms with Crippen LogP contribution in [0.3, 0.4) is 0 Å². The van der Waals surface area contributed by atoms with Gasteiger partial charge in [-0.3, -0.25) is 24.0 Å². The number of Topliss-reactive ketones (excluding diaryl/α,β-unsaturated/α-hetero) is 1. The van der Waals surface area contributed by atoms with Gasteiger partial charge < -0.3 is 19.3 Å². The maximum atomic E-state index is 14.2. The van der Waals surface area contributed by atoms with E-state index in [9.17, 15) is 29.1 Å². The molecule has 214 valence electrons. The summed E-state index contributed by atoms with van der Waals surface area (Å²) in [6.07, 6.45) is 2.72. The van der Waals surface area contributed by atoms with E-state index in [-0.39, 0.29) is 23.5 Å². The molecular formula is C30H40O9. The molecular weight excluding hydrogens is 504 g/mol. The van der Waals surface area contributed by atoms with Crippen molar-refractivity contribution in [3.05, 3.63) is 23.0 Å². The van der Waals surface area contributed by atoms with Crippen molar-refractivity contribution in [3.63, 3.8) is 0 Å². The Hall–Kier alpha value is -2.97. The number of hydrogen-bond acceptors (Lipinski definition) is 8. The van der Waals surface area contributed by atoms with E-state index in [1.165, 1.54) is 21.0 Å². The van der Waals surface area contributed by atoms with E-state index in [4.69, 9.17) is 14.2 Å². The van der Waals surface area contributed by atoms with Crippen molar-refractivity contribution in [1.82, 2.24) is 0 Å². The first-order valence-electron chi connectivity index (χ1n) is 13.5. The lowest BCUT2D eigenvalue weighted by Gasteiger charge is -2.68. The minimum absolute atomic E-state index is 0.0406. The molecule has 39 heavy (non-hydrogen) atoms. The van der Waals surface area contributed by atoms with Crippen molar-refractivity contribution in [2.45, 2.75) is 87.2 Å². The molecule has 1 N–H and O–H groups in total. The average Bonchev–Trinajstić information content (AvgIpc) is 3.01. The third-order valence-corrected chi connectivity index (χ3v) is 11.1. The summed E-state index contributed by atoms with van der Waals surface area (Å²) >= 11 is 0. The van der Waals surface area contributed by atoms with E-state index in [2.05, 4.69) is 0 Å². The van der Waals surface area contributed by atoms with E-state index in [1.807, 2.05) is 26.8 Å². The first-order valence-corrected chi connectivity index (χ1v) is 13.5. The van der Waals surface area contributed by atoms with Crippen LogP contribution in [-0.4, -0.2) is 48.0 Å². The monoisotopic (exact) mass is 544 g/mol. The lowest BCUT2D eigenvalue weighted by atomic mass is 9.33. The second-order valence-electron chi connectivity index (χ2n) is 12.9. The zero-order chi connectivity index (χ0) is 29.5. The summed E-state index contributed by atoms with van der Waals surface area (Å²) in [4.78, 5) is 66.0. The van der Waals surface area contributed by atoms with Crippen LogP contribution in [0.25, 0.3) is 0 Å². The predicted octanol–water partition coefficient (Wildman–Crippen LogP) is 4.39. The minimum atomic E-state index is -1.75. The van der Waals surface area contributed by atoms with Gasteiger partial charge in [0.1, 0.15) is 17.3 Å². The lowest BCUT2D eigenvalue weighted by molar-refractivity contribution is -0.230. The Bertz CT molecular complexity index is 1240. The van der Waals surface area contributed by atoms with Gasteiger partial charge in [-0.15, -0.1) is 0 Å². The summed E-state index contributed by atoms with van der Waals surface area (Å²) < 4.78 is 16.8. The van der Waals surface area contributed by atoms with Gasteiger partial charge >= 0.3 is 23.9 Å². The molecule has 0 aromatic carbocycles. The number of carboxylic acids is 1. The van der Waals surface area contributed by atoms with Gasteiger partial charge in [-0.05, 0) is 57.8 Å². The van der Waals surface area contributed by atoms with E-state index in [0.717, 1.165) is 0 Å². The van der Waals surface area contributed by atoms with Gasteiger partial charge in [0.25, 0.3) is 0 Å².